The highest BCUT2D eigenvalue weighted by molar-refractivity contribution is 6.01. The fourth-order valence-corrected chi connectivity index (χ4v) is 2.50. The molecule has 5 nitrogen and oxygen atoms in total. The smallest absolute Gasteiger partial charge is 0.319 e. The monoisotopic (exact) mass is 295 g/mol. The molecule has 0 spiro atoms. The van der Waals surface area contributed by atoms with E-state index in [1.165, 1.54) is 0 Å². The standard InChI is InChI=1S/C17H17N3O2/c1-20-15-8-7-14(9-13(15)10-16(20)21)19-17(22)18-11-12-5-3-2-4-6-12/h2-9H,10-11H2,1H3,(H2,18,19,22). The number of carbonyl (C=O) groups excluding carboxylic acids is 2. The zero-order chi connectivity index (χ0) is 15.5. The predicted octanol–water partition coefficient (Wildman–Crippen LogP) is 2.53. The van der Waals surface area contributed by atoms with Crippen molar-refractivity contribution in [2.75, 3.05) is 17.3 Å². The van der Waals surface area contributed by atoms with Crippen molar-refractivity contribution in [3.8, 4) is 0 Å². The quantitative estimate of drug-likeness (QED) is 0.914. The van der Waals surface area contributed by atoms with Crippen LogP contribution in [0.4, 0.5) is 16.2 Å². The van der Waals surface area contributed by atoms with Gasteiger partial charge >= 0.3 is 6.03 Å². The molecule has 22 heavy (non-hydrogen) atoms. The molecule has 5 heteroatoms. The zero-order valence-electron chi connectivity index (χ0n) is 12.3. The van der Waals surface area contributed by atoms with E-state index in [0.717, 1.165) is 16.8 Å². The molecule has 0 aliphatic carbocycles. The highest BCUT2D eigenvalue weighted by atomic mass is 16.2. The van der Waals surface area contributed by atoms with Crippen LogP contribution in [0.5, 0.6) is 0 Å². The molecule has 0 fully saturated rings. The van der Waals surface area contributed by atoms with E-state index < -0.39 is 0 Å². The van der Waals surface area contributed by atoms with Crippen LogP contribution in [0.1, 0.15) is 11.1 Å². The highest BCUT2D eigenvalue weighted by Gasteiger charge is 2.23. The zero-order valence-corrected chi connectivity index (χ0v) is 12.3. The van der Waals surface area contributed by atoms with Gasteiger partial charge in [-0.05, 0) is 29.3 Å². The molecule has 1 aliphatic rings. The number of benzene rings is 2. The Labute approximate surface area is 128 Å². The molecule has 2 aromatic rings. The number of carbonyl (C=O) groups is 2. The van der Waals surface area contributed by atoms with Crippen LogP contribution < -0.4 is 15.5 Å². The van der Waals surface area contributed by atoms with Crippen molar-refractivity contribution >= 4 is 23.3 Å². The predicted molar refractivity (Wildman–Crippen MR) is 85.9 cm³/mol. The fourth-order valence-electron chi connectivity index (χ4n) is 2.50. The van der Waals surface area contributed by atoms with Crippen LogP contribution in [0.15, 0.2) is 48.5 Å². The van der Waals surface area contributed by atoms with E-state index in [1.54, 1.807) is 18.0 Å². The normalized spacial score (nSPS) is 13.0. The van der Waals surface area contributed by atoms with E-state index in [-0.39, 0.29) is 11.9 Å². The summed E-state index contributed by atoms with van der Waals surface area (Å²) in [5.41, 5.74) is 3.57. The molecule has 0 atom stereocenters. The Morgan fingerprint density at radius 2 is 1.95 bits per heavy atom. The Morgan fingerprint density at radius 1 is 1.18 bits per heavy atom. The van der Waals surface area contributed by atoms with E-state index in [0.29, 0.717) is 18.7 Å². The summed E-state index contributed by atoms with van der Waals surface area (Å²) in [5.74, 6) is 0.0701. The van der Waals surface area contributed by atoms with Gasteiger partial charge in [0.15, 0.2) is 0 Å². The molecule has 3 amide bonds. The lowest BCUT2D eigenvalue weighted by molar-refractivity contribution is -0.117. The van der Waals surface area contributed by atoms with Crippen molar-refractivity contribution in [3.05, 3.63) is 59.7 Å². The van der Waals surface area contributed by atoms with Crippen LogP contribution in [-0.2, 0) is 17.8 Å². The number of hydrogen-bond acceptors (Lipinski definition) is 2. The molecule has 0 saturated carbocycles. The van der Waals surface area contributed by atoms with Crippen LogP contribution in [0, 0.1) is 0 Å². The first-order chi connectivity index (χ1) is 10.6. The van der Waals surface area contributed by atoms with E-state index in [1.807, 2.05) is 42.5 Å². The third-order valence-electron chi connectivity index (χ3n) is 3.71. The van der Waals surface area contributed by atoms with Crippen molar-refractivity contribution < 1.29 is 9.59 Å². The fraction of sp³-hybridized carbons (Fsp3) is 0.176. The molecule has 2 N–H and O–H groups in total. The summed E-state index contributed by atoms with van der Waals surface area (Å²) in [5, 5.41) is 5.60. The first-order valence-corrected chi connectivity index (χ1v) is 7.12. The summed E-state index contributed by atoms with van der Waals surface area (Å²) in [4.78, 5) is 25.2. The molecule has 3 rings (SSSR count). The highest BCUT2D eigenvalue weighted by Crippen LogP contribution is 2.29. The van der Waals surface area contributed by atoms with Gasteiger partial charge in [0.1, 0.15) is 0 Å². The van der Waals surface area contributed by atoms with Gasteiger partial charge in [0.2, 0.25) is 5.91 Å². The Balaban J connectivity index is 1.61. The van der Waals surface area contributed by atoms with Crippen LogP contribution in [0.3, 0.4) is 0 Å². The maximum atomic E-state index is 11.9. The molecular weight excluding hydrogens is 278 g/mol. The lowest BCUT2D eigenvalue weighted by atomic mass is 10.1. The minimum absolute atomic E-state index is 0.0701. The topological polar surface area (TPSA) is 61.4 Å². The summed E-state index contributed by atoms with van der Waals surface area (Å²) in [6, 6.07) is 15.0. The second-order valence-corrected chi connectivity index (χ2v) is 5.27. The molecule has 0 unspecified atom stereocenters. The number of fused-ring (bicyclic) bond motifs is 1. The number of urea groups is 1. The summed E-state index contributed by atoms with van der Waals surface area (Å²) in [6.07, 6.45) is 0.382. The van der Waals surface area contributed by atoms with Gasteiger partial charge in [-0.1, -0.05) is 30.3 Å². The minimum Gasteiger partial charge on any atom is -0.334 e. The van der Waals surface area contributed by atoms with Crippen molar-refractivity contribution in [2.24, 2.45) is 0 Å². The first-order valence-electron chi connectivity index (χ1n) is 7.12. The van der Waals surface area contributed by atoms with Gasteiger partial charge in [-0.15, -0.1) is 0 Å². The van der Waals surface area contributed by atoms with Crippen LogP contribution in [0.2, 0.25) is 0 Å². The van der Waals surface area contributed by atoms with Gasteiger partial charge in [-0.2, -0.15) is 0 Å². The molecular formula is C17H17N3O2. The number of amides is 3. The molecule has 0 bridgehead atoms. The van der Waals surface area contributed by atoms with E-state index in [9.17, 15) is 9.59 Å². The minimum atomic E-state index is -0.263. The van der Waals surface area contributed by atoms with Crippen molar-refractivity contribution in [1.29, 1.82) is 0 Å². The second kappa shape index (κ2) is 5.89. The number of likely N-dealkylation sites (N-methyl/N-ethyl adjacent to an activating group) is 1. The molecule has 0 saturated heterocycles. The van der Waals surface area contributed by atoms with E-state index >= 15 is 0 Å². The van der Waals surface area contributed by atoms with Crippen LogP contribution >= 0.6 is 0 Å². The Morgan fingerprint density at radius 3 is 2.73 bits per heavy atom. The summed E-state index contributed by atoms with van der Waals surface area (Å²) in [6.45, 7) is 0.471. The molecule has 112 valence electrons. The average Bonchev–Trinajstić information content (AvgIpc) is 2.81. The van der Waals surface area contributed by atoms with Gasteiger partial charge in [0, 0.05) is 25.0 Å². The van der Waals surface area contributed by atoms with Crippen LogP contribution in [-0.4, -0.2) is 19.0 Å². The summed E-state index contributed by atoms with van der Waals surface area (Å²) >= 11 is 0. The molecule has 2 aromatic carbocycles. The summed E-state index contributed by atoms with van der Waals surface area (Å²) in [7, 11) is 1.76. The van der Waals surface area contributed by atoms with Gasteiger partial charge < -0.3 is 15.5 Å². The van der Waals surface area contributed by atoms with E-state index in [2.05, 4.69) is 10.6 Å². The van der Waals surface area contributed by atoms with Crippen molar-refractivity contribution in [1.82, 2.24) is 5.32 Å². The number of nitrogens with one attached hydrogen (secondary N) is 2. The second-order valence-electron chi connectivity index (χ2n) is 5.27. The lowest BCUT2D eigenvalue weighted by Gasteiger charge is -2.11. The molecule has 1 heterocycles. The van der Waals surface area contributed by atoms with E-state index in [4.69, 9.17) is 0 Å². The summed E-state index contributed by atoms with van der Waals surface area (Å²) < 4.78 is 0. The maximum absolute atomic E-state index is 11.9. The lowest BCUT2D eigenvalue weighted by Crippen LogP contribution is -2.28. The molecule has 1 aliphatic heterocycles. The Bertz CT molecular complexity index is 713. The average molecular weight is 295 g/mol. The van der Waals surface area contributed by atoms with Crippen molar-refractivity contribution in [3.63, 3.8) is 0 Å². The molecule has 0 aromatic heterocycles. The first kappa shape index (κ1) is 14.1. The number of hydrogen-bond donors (Lipinski definition) is 2. The van der Waals surface area contributed by atoms with Crippen molar-refractivity contribution in [2.45, 2.75) is 13.0 Å². The Kier molecular flexibility index (Phi) is 3.78. The maximum Gasteiger partial charge on any atom is 0.319 e. The largest absolute Gasteiger partial charge is 0.334 e. The van der Waals surface area contributed by atoms with Crippen LogP contribution in [0.25, 0.3) is 0 Å². The van der Waals surface area contributed by atoms with Gasteiger partial charge in [0.25, 0.3) is 0 Å². The number of rotatable bonds is 3. The van der Waals surface area contributed by atoms with Gasteiger partial charge in [-0.3, -0.25) is 4.79 Å². The molecule has 0 radical (unpaired) electrons. The number of nitrogens with zero attached hydrogens (tertiary/aromatic N) is 1. The Hall–Kier alpha value is -2.82. The number of anilines is 2. The van der Waals surface area contributed by atoms with Gasteiger partial charge in [0.05, 0.1) is 6.42 Å². The van der Waals surface area contributed by atoms with Gasteiger partial charge in [-0.25, -0.2) is 4.79 Å². The third-order valence-corrected chi connectivity index (χ3v) is 3.71. The third kappa shape index (κ3) is 2.93. The SMILES string of the molecule is CN1C(=O)Cc2cc(NC(=O)NCc3ccccc3)ccc21.